The minimum atomic E-state index is -0.818. The van der Waals surface area contributed by atoms with Crippen LogP contribution in [0.25, 0.3) is 0 Å². The number of carbonyl (C=O) groups is 2. The van der Waals surface area contributed by atoms with Crippen LogP contribution in [0.15, 0.2) is 24.5 Å². The zero-order chi connectivity index (χ0) is 13.1. The van der Waals surface area contributed by atoms with Crippen LogP contribution in [0, 0.1) is 11.8 Å². The summed E-state index contributed by atoms with van der Waals surface area (Å²) in [5, 5.41) is 9.03. The third-order valence-corrected chi connectivity index (χ3v) is 3.39. The SMILES string of the molecule is C[C@@H]1CN(C(=O)Cc2ccncc2)C[C@H]1C(=O)O. The van der Waals surface area contributed by atoms with Crippen molar-refractivity contribution in [2.45, 2.75) is 13.3 Å². The Labute approximate surface area is 105 Å². The number of hydrogen-bond donors (Lipinski definition) is 1. The van der Waals surface area contributed by atoms with Crippen molar-refractivity contribution < 1.29 is 14.7 Å². The third-order valence-electron chi connectivity index (χ3n) is 3.39. The second-order valence-corrected chi connectivity index (χ2v) is 4.75. The average Bonchev–Trinajstić information content (AvgIpc) is 2.73. The fourth-order valence-electron chi connectivity index (χ4n) is 2.28. The number of carbonyl (C=O) groups excluding carboxylic acids is 1. The zero-order valence-corrected chi connectivity index (χ0v) is 10.2. The van der Waals surface area contributed by atoms with Crippen LogP contribution in [-0.2, 0) is 16.0 Å². The monoisotopic (exact) mass is 248 g/mol. The summed E-state index contributed by atoms with van der Waals surface area (Å²) in [5.74, 6) is -1.26. The van der Waals surface area contributed by atoms with Gasteiger partial charge in [0.05, 0.1) is 12.3 Å². The topological polar surface area (TPSA) is 70.5 Å². The second-order valence-electron chi connectivity index (χ2n) is 4.75. The van der Waals surface area contributed by atoms with Crippen LogP contribution in [-0.4, -0.2) is 40.0 Å². The Morgan fingerprint density at radius 2 is 2.06 bits per heavy atom. The van der Waals surface area contributed by atoms with Crippen molar-refractivity contribution in [2.75, 3.05) is 13.1 Å². The van der Waals surface area contributed by atoms with Gasteiger partial charge in [-0.05, 0) is 23.6 Å². The van der Waals surface area contributed by atoms with Crippen molar-refractivity contribution >= 4 is 11.9 Å². The molecule has 1 aliphatic heterocycles. The summed E-state index contributed by atoms with van der Waals surface area (Å²) in [4.78, 5) is 28.6. The van der Waals surface area contributed by atoms with E-state index in [0.717, 1.165) is 5.56 Å². The maximum atomic E-state index is 12.0. The Bertz CT molecular complexity index is 447. The molecule has 0 radical (unpaired) electrons. The van der Waals surface area contributed by atoms with Crippen molar-refractivity contribution in [1.82, 2.24) is 9.88 Å². The van der Waals surface area contributed by atoms with Crippen molar-refractivity contribution in [1.29, 1.82) is 0 Å². The van der Waals surface area contributed by atoms with Gasteiger partial charge in [-0.1, -0.05) is 6.92 Å². The first kappa shape index (κ1) is 12.5. The van der Waals surface area contributed by atoms with Crippen molar-refractivity contribution in [3.8, 4) is 0 Å². The molecule has 0 aliphatic carbocycles. The Hall–Kier alpha value is -1.91. The lowest BCUT2D eigenvalue weighted by atomic mass is 9.99. The summed E-state index contributed by atoms with van der Waals surface area (Å²) in [6, 6.07) is 3.60. The molecule has 2 heterocycles. The molecule has 1 saturated heterocycles. The quantitative estimate of drug-likeness (QED) is 0.859. The lowest BCUT2D eigenvalue weighted by Crippen LogP contribution is -2.31. The summed E-state index contributed by atoms with van der Waals surface area (Å²) in [6.07, 6.45) is 3.60. The molecular weight excluding hydrogens is 232 g/mol. The summed E-state index contributed by atoms with van der Waals surface area (Å²) in [5.41, 5.74) is 0.904. The highest BCUT2D eigenvalue weighted by molar-refractivity contribution is 5.80. The number of nitrogens with zero attached hydrogens (tertiary/aromatic N) is 2. The van der Waals surface area contributed by atoms with Crippen molar-refractivity contribution in [3.63, 3.8) is 0 Å². The molecule has 0 spiro atoms. The number of aromatic nitrogens is 1. The molecule has 1 amide bonds. The highest BCUT2D eigenvalue weighted by Crippen LogP contribution is 2.23. The molecule has 1 fully saturated rings. The normalized spacial score (nSPS) is 23.1. The summed E-state index contributed by atoms with van der Waals surface area (Å²) in [6.45, 7) is 2.72. The van der Waals surface area contributed by atoms with Gasteiger partial charge in [0.1, 0.15) is 0 Å². The molecule has 0 bridgehead atoms. The standard InChI is InChI=1S/C13H16N2O3/c1-9-7-15(8-11(9)13(17)18)12(16)6-10-2-4-14-5-3-10/h2-5,9,11H,6-8H2,1H3,(H,17,18)/t9-,11-/m1/s1. The minimum Gasteiger partial charge on any atom is -0.481 e. The van der Waals surface area contributed by atoms with Crippen LogP contribution in [0.4, 0.5) is 0 Å². The molecule has 0 unspecified atom stereocenters. The van der Waals surface area contributed by atoms with Crippen molar-refractivity contribution in [2.24, 2.45) is 11.8 Å². The van der Waals surface area contributed by atoms with Crippen LogP contribution >= 0.6 is 0 Å². The van der Waals surface area contributed by atoms with Crippen LogP contribution < -0.4 is 0 Å². The number of likely N-dealkylation sites (tertiary alicyclic amines) is 1. The summed E-state index contributed by atoms with van der Waals surface area (Å²) < 4.78 is 0. The van der Waals surface area contributed by atoms with Crippen LogP contribution in [0.2, 0.25) is 0 Å². The molecule has 1 N–H and O–H groups in total. The number of carboxylic acids is 1. The van der Waals surface area contributed by atoms with Gasteiger partial charge in [-0.3, -0.25) is 14.6 Å². The van der Waals surface area contributed by atoms with Gasteiger partial charge in [-0.2, -0.15) is 0 Å². The number of rotatable bonds is 3. The molecular formula is C13H16N2O3. The molecule has 5 nitrogen and oxygen atoms in total. The number of hydrogen-bond acceptors (Lipinski definition) is 3. The summed E-state index contributed by atoms with van der Waals surface area (Å²) in [7, 11) is 0. The maximum absolute atomic E-state index is 12.0. The molecule has 18 heavy (non-hydrogen) atoms. The lowest BCUT2D eigenvalue weighted by molar-refractivity contribution is -0.142. The predicted octanol–water partition coefficient (Wildman–Crippen LogP) is 0.803. The molecule has 1 aliphatic rings. The van der Waals surface area contributed by atoms with E-state index in [1.807, 2.05) is 6.92 Å². The Morgan fingerprint density at radius 3 is 2.61 bits per heavy atom. The first-order valence-corrected chi connectivity index (χ1v) is 5.97. The van der Waals surface area contributed by atoms with Crippen LogP contribution in [0.1, 0.15) is 12.5 Å². The maximum Gasteiger partial charge on any atom is 0.308 e. The molecule has 1 aromatic rings. The number of carboxylic acid groups (broad SMARTS) is 1. The average molecular weight is 248 g/mol. The van der Waals surface area contributed by atoms with E-state index in [1.165, 1.54) is 0 Å². The molecule has 5 heteroatoms. The molecule has 96 valence electrons. The minimum absolute atomic E-state index is 0.0169. The lowest BCUT2D eigenvalue weighted by Gasteiger charge is -2.15. The van der Waals surface area contributed by atoms with E-state index >= 15 is 0 Å². The van der Waals surface area contributed by atoms with Crippen LogP contribution in [0.3, 0.4) is 0 Å². The highest BCUT2D eigenvalue weighted by Gasteiger charge is 2.36. The van der Waals surface area contributed by atoms with E-state index in [9.17, 15) is 9.59 Å². The van der Waals surface area contributed by atoms with Crippen LogP contribution in [0.5, 0.6) is 0 Å². The van der Waals surface area contributed by atoms with Crippen molar-refractivity contribution in [3.05, 3.63) is 30.1 Å². The predicted molar refractivity (Wildman–Crippen MR) is 64.8 cm³/mol. The molecule has 0 aromatic carbocycles. The van der Waals surface area contributed by atoms with Gasteiger partial charge in [0, 0.05) is 25.5 Å². The molecule has 2 rings (SSSR count). The Kier molecular flexibility index (Phi) is 3.60. The van der Waals surface area contributed by atoms with E-state index in [-0.39, 0.29) is 11.8 Å². The third kappa shape index (κ3) is 2.67. The summed E-state index contributed by atoms with van der Waals surface area (Å²) >= 11 is 0. The highest BCUT2D eigenvalue weighted by atomic mass is 16.4. The van der Waals surface area contributed by atoms with E-state index in [2.05, 4.69) is 4.98 Å². The molecule has 0 saturated carbocycles. The fourth-order valence-corrected chi connectivity index (χ4v) is 2.28. The second kappa shape index (κ2) is 5.16. The smallest absolute Gasteiger partial charge is 0.308 e. The van der Waals surface area contributed by atoms with E-state index in [4.69, 9.17) is 5.11 Å². The van der Waals surface area contributed by atoms with Gasteiger partial charge in [-0.25, -0.2) is 0 Å². The van der Waals surface area contributed by atoms with E-state index in [0.29, 0.717) is 19.5 Å². The number of amides is 1. The zero-order valence-electron chi connectivity index (χ0n) is 10.2. The molecule has 2 atom stereocenters. The van der Waals surface area contributed by atoms with Gasteiger partial charge in [0.2, 0.25) is 5.91 Å². The largest absolute Gasteiger partial charge is 0.481 e. The van der Waals surface area contributed by atoms with E-state index < -0.39 is 11.9 Å². The fraction of sp³-hybridized carbons (Fsp3) is 0.462. The molecule has 1 aromatic heterocycles. The number of pyridine rings is 1. The van der Waals surface area contributed by atoms with Gasteiger partial charge >= 0.3 is 5.97 Å². The van der Waals surface area contributed by atoms with E-state index in [1.54, 1.807) is 29.4 Å². The Morgan fingerprint density at radius 1 is 1.39 bits per heavy atom. The van der Waals surface area contributed by atoms with Gasteiger partial charge in [0.25, 0.3) is 0 Å². The van der Waals surface area contributed by atoms with Gasteiger partial charge in [-0.15, -0.1) is 0 Å². The van der Waals surface area contributed by atoms with Gasteiger partial charge in [0.15, 0.2) is 0 Å². The van der Waals surface area contributed by atoms with Gasteiger partial charge < -0.3 is 10.0 Å². The Balaban J connectivity index is 1.97. The number of aliphatic carboxylic acids is 1. The first-order chi connectivity index (χ1) is 8.58. The first-order valence-electron chi connectivity index (χ1n) is 5.97.